The van der Waals surface area contributed by atoms with Crippen LogP contribution in [0.25, 0.3) is 0 Å². The second-order valence-corrected chi connectivity index (χ2v) is 11.0. The summed E-state index contributed by atoms with van der Waals surface area (Å²) >= 11 is 0. The van der Waals surface area contributed by atoms with Crippen molar-refractivity contribution in [2.75, 3.05) is 0 Å². The van der Waals surface area contributed by atoms with E-state index in [2.05, 4.69) is 20.8 Å². The van der Waals surface area contributed by atoms with Crippen molar-refractivity contribution in [3.8, 4) is 0 Å². The van der Waals surface area contributed by atoms with Crippen LogP contribution in [0.2, 0.25) is 0 Å². The van der Waals surface area contributed by atoms with Crippen LogP contribution in [0.4, 0.5) is 0 Å². The highest BCUT2D eigenvalue weighted by molar-refractivity contribution is 5.91. The molecule has 0 bridgehead atoms. The lowest BCUT2D eigenvalue weighted by molar-refractivity contribution is -0.147. The van der Waals surface area contributed by atoms with Gasteiger partial charge in [-0.2, -0.15) is 0 Å². The van der Waals surface area contributed by atoms with Crippen molar-refractivity contribution in [3.05, 3.63) is 23.2 Å². The van der Waals surface area contributed by atoms with E-state index < -0.39 is 5.60 Å². The van der Waals surface area contributed by atoms with Crippen LogP contribution in [0, 0.1) is 34.5 Å². The predicted octanol–water partition coefficient (Wildman–Crippen LogP) is 5.58. The van der Waals surface area contributed by atoms with E-state index in [1.165, 1.54) is 37.7 Å². The molecule has 3 saturated carbocycles. The Morgan fingerprint density at radius 2 is 1.93 bits per heavy atom. The van der Waals surface area contributed by atoms with E-state index in [9.17, 15) is 9.90 Å². The van der Waals surface area contributed by atoms with Crippen LogP contribution >= 0.6 is 0 Å². The molecule has 0 spiro atoms. The molecule has 4 aliphatic rings. The molecular weight excluding hydrogens is 348 g/mol. The average Bonchev–Trinajstić information content (AvgIpc) is 3.18. The lowest BCUT2D eigenvalue weighted by Gasteiger charge is -2.61. The van der Waals surface area contributed by atoms with Crippen molar-refractivity contribution in [2.45, 2.75) is 91.1 Å². The molecule has 1 aromatic heterocycles. The minimum atomic E-state index is -0.457. The van der Waals surface area contributed by atoms with Crippen molar-refractivity contribution in [1.29, 1.82) is 0 Å². The molecule has 0 amide bonds. The van der Waals surface area contributed by atoms with E-state index in [0.29, 0.717) is 23.0 Å². The zero-order chi connectivity index (χ0) is 19.9. The molecule has 4 aliphatic carbocycles. The summed E-state index contributed by atoms with van der Waals surface area (Å²) in [6.07, 6.45) is 10.1. The van der Waals surface area contributed by atoms with Gasteiger partial charge in [-0.25, -0.2) is 0 Å². The zero-order valence-electron chi connectivity index (χ0n) is 18.0. The highest BCUT2D eigenvalue weighted by atomic mass is 16.3. The van der Waals surface area contributed by atoms with Crippen LogP contribution < -0.4 is 0 Å². The fourth-order valence-corrected chi connectivity index (χ4v) is 8.43. The van der Waals surface area contributed by atoms with Gasteiger partial charge in [-0.3, -0.25) is 4.79 Å². The fourth-order valence-electron chi connectivity index (χ4n) is 8.43. The van der Waals surface area contributed by atoms with Gasteiger partial charge in [0.1, 0.15) is 5.76 Å². The summed E-state index contributed by atoms with van der Waals surface area (Å²) < 4.78 is 5.94. The Kier molecular flexibility index (Phi) is 4.03. The van der Waals surface area contributed by atoms with E-state index in [0.717, 1.165) is 43.3 Å². The Morgan fingerprint density at radius 1 is 1.18 bits per heavy atom. The summed E-state index contributed by atoms with van der Waals surface area (Å²) in [7, 11) is 0. The smallest absolute Gasteiger partial charge is 0.194 e. The first-order valence-corrected chi connectivity index (χ1v) is 11.6. The monoisotopic (exact) mass is 384 g/mol. The van der Waals surface area contributed by atoms with Gasteiger partial charge in [-0.1, -0.05) is 20.8 Å². The highest BCUT2D eigenvalue weighted by Gasteiger charge is 2.64. The molecule has 3 fully saturated rings. The molecule has 28 heavy (non-hydrogen) atoms. The predicted molar refractivity (Wildman–Crippen MR) is 109 cm³/mol. The second kappa shape index (κ2) is 5.97. The van der Waals surface area contributed by atoms with Gasteiger partial charge in [0.05, 0.1) is 5.60 Å². The number of carbonyl (C=O) groups excluding carboxylic acids is 1. The van der Waals surface area contributed by atoms with E-state index in [-0.39, 0.29) is 11.2 Å². The standard InChI is InChI=1S/C25H36O3/c1-5-25(27)11-9-20-18-7-6-17-13-22-16(12-21(28-22)15(2)26)14-23(17,3)19(18)8-10-24(20,25)4/h12,17-20,27H,5-11,13-14H2,1-4H3/t17-,18+,19-,20-,23-,24-,25-/m0/s1. The molecule has 0 radical (unpaired) electrons. The summed E-state index contributed by atoms with van der Waals surface area (Å²) in [5, 5.41) is 11.4. The second-order valence-electron chi connectivity index (χ2n) is 11.0. The molecular formula is C25H36O3. The van der Waals surface area contributed by atoms with Gasteiger partial charge in [0.15, 0.2) is 11.5 Å². The topological polar surface area (TPSA) is 50.4 Å². The van der Waals surface area contributed by atoms with Gasteiger partial charge in [-0.05, 0) is 97.5 Å². The van der Waals surface area contributed by atoms with E-state index in [4.69, 9.17) is 4.42 Å². The minimum Gasteiger partial charge on any atom is -0.458 e. The molecule has 7 atom stereocenters. The number of hydrogen-bond acceptors (Lipinski definition) is 3. The molecule has 1 aromatic rings. The number of ketones is 1. The Labute approximate surface area is 169 Å². The number of aliphatic hydroxyl groups is 1. The van der Waals surface area contributed by atoms with Crippen molar-refractivity contribution in [3.63, 3.8) is 0 Å². The number of carbonyl (C=O) groups is 1. The minimum absolute atomic E-state index is 0.0404. The maximum absolute atomic E-state index is 11.8. The van der Waals surface area contributed by atoms with Crippen molar-refractivity contribution in [1.82, 2.24) is 0 Å². The van der Waals surface area contributed by atoms with E-state index >= 15 is 0 Å². The summed E-state index contributed by atoms with van der Waals surface area (Å²) in [6, 6.07) is 2.03. The lowest BCUT2D eigenvalue weighted by Crippen LogP contribution is -2.56. The van der Waals surface area contributed by atoms with Gasteiger partial charge >= 0.3 is 0 Å². The molecule has 0 aromatic carbocycles. The molecule has 1 heterocycles. The van der Waals surface area contributed by atoms with Gasteiger partial charge in [0, 0.05) is 13.3 Å². The number of rotatable bonds is 2. The van der Waals surface area contributed by atoms with Gasteiger partial charge in [0.25, 0.3) is 0 Å². The summed E-state index contributed by atoms with van der Waals surface area (Å²) in [6.45, 7) is 8.70. The molecule has 0 aliphatic heterocycles. The van der Waals surface area contributed by atoms with Crippen LogP contribution in [0.1, 0.15) is 94.5 Å². The normalized spacial score (nSPS) is 47.0. The van der Waals surface area contributed by atoms with Crippen molar-refractivity contribution in [2.24, 2.45) is 34.5 Å². The van der Waals surface area contributed by atoms with Gasteiger partial charge in [-0.15, -0.1) is 0 Å². The Bertz CT molecular complexity index is 809. The third-order valence-electron chi connectivity index (χ3n) is 10.2. The van der Waals surface area contributed by atoms with Crippen LogP contribution in [0.15, 0.2) is 10.5 Å². The largest absolute Gasteiger partial charge is 0.458 e. The first-order valence-electron chi connectivity index (χ1n) is 11.6. The lowest BCUT2D eigenvalue weighted by atomic mass is 9.44. The Balaban J connectivity index is 1.47. The van der Waals surface area contributed by atoms with Crippen LogP contribution in [0.3, 0.4) is 0 Å². The van der Waals surface area contributed by atoms with Crippen LogP contribution in [-0.4, -0.2) is 16.5 Å². The molecule has 3 nitrogen and oxygen atoms in total. The summed E-state index contributed by atoms with van der Waals surface area (Å²) in [5.74, 6) is 4.50. The number of hydrogen-bond donors (Lipinski definition) is 1. The molecule has 154 valence electrons. The van der Waals surface area contributed by atoms with Gasteiger partial charge in [0.2, 0.25) is 0 Å². The highest BCUT2D eigenvalue weighted by Crippen LogP contribution is 2.68. The molecule has 0 saturated heterocycles. The van der Waals surface area contributed by atoms with E-state index in [1.807, 2.05) is 6.07 Å². The van der Waals surface area contributed by atoms with Crippen LogP contribution in [-0.2, 0) is 12.8 Å². The zero-order valence-corrected chi connectivity index (χ0v) is 18.0. The maximum Gasteiger partial charge on any atom is 0.194 e. The average molecular weight is 385 g/mol. The number of Topliss-reactive ketones (excluding diaryl/α,β-unsaturated/α-hetero) is 1. The van der Waals surface area contributed by atoms with E-state index in [1.54, 1.807) is 6.92 Å². The third-order valence-corrected chi connectivity index (χ3v) is 10.2. The third kappa shape index (κ3) is 2.29. The molecule has 1 N–H and O–H groups in total. The number of fused-ring (bicyclic) bond motifs is 6. The Hall–Kier alpha value is -1.09. The quantitative estimate of drug-likeness (QED) is 0.677. The molecule has 5 rings (SSSR count). The molecule has 0 unspecified atom stereocenters. The van der Waals surface area contributed by atoms with Crippen molar-refractivity contribution >= 4 is 5.78 Å². The SMILES string of the molecule is CC[C@]1(O)CC[C@H]2[C@@H]3CC[C@H]4Cc5oc(C(C)=O)cc5C[C@]4(C)[C@H]3CC[C@@]21C. The van der Waals surface area contributed by atoms with Crippen LogP contribution in [0.5, 0.6) is 0 Å². The van der Waals surface area contributed by atoms with Gasteiger partial charge < -0.3 is 9.52 Å². The van der Waals surface area contributed by atoms with Crippen molar-refractivity contribution < 1.29 is 14.3 Å². The summed E-state index contributed by atoms with van der Waals surface area (Å²) in [4.78, 5) is 11.8. The fraction of sp³-hybridized carbons (Fsp3) is 0.800. The maximum atomic E-state index is 11.8. The molecule has 3 heteroatoms. The first kappa shape index (κ1) is 18.9. The number of furan rings is 1. The Morgan fingerprint density at radius 3 is 2.64 bits per heavy atom. The summed E-state index contributed by atoms with van der Waals surface area (Å²) in [5.41, 5.74) is 1.24. The first-order chi connectivity index (χ1) is 13.2.